The second-order valence-corrected chi connectivity index (χ2v) is 16.6. The summed E-state index contributed by atoms with van der Waals surface area (Å²) >= 11 is 0. The van der Waals surface area contributed by atoms with E-state index in [1.54, 1.807) is 52.6 Å². The first kappa shape index (κ1) is 43.3. The van der Waals surface area contributed by atoms with Crippen LogP contribution in [0.15, 0.2) is 155 Å². The average molecular weight is 851 g/mol. The van der Waals surface area contributed by atoms with Crippen molar-refractivity contribution < 1.29 is 13.0 Å². The lowest BCUT2D eigenvalue weighted by atomic mass is 10.0. The quantitative estimate of drug-likeness (QED) is 0.128. The highest BCUT2D eigenvalue weighted by molar-refractivity contribution is 7.84. The largest absolute Gasteiger partial charge is 0.345 e. The van der Waals surface area contributed by atoms with Crippen molar-refractivity contribution in [3.8, 4) is 0 Å². The number of fused-ring (bicyclic) bond motifs is 2. The molecule has 0 aliphatic rings. The van der Waals surface area contributed by atoms with Gasteiger partial charge < -0.3 is 9.80 Å². The number of aromatic nitrogens is 4. The van der Waals surface area contributed by atoms with E-state index in [0.29, 0.717) is 39.2 Å². The number of halogens is 2. The maximum absolute atomic E-state index is 13.7. The third-order valence-electron chi connectivity index (χ3n) is 11.1. The Morgan fingerprint density at radius 2 is 0.935 bits per heavy atom. The summed E-state index contributed by atoms with van der Waals surface area (Å²) in [6, 6.07) is 42.8. The van der Waals surface area contributed by atoms with Crippen molar-refractivity contribution >= 4 is 55.4 Å². The van der Waals surface area contributed by atoms with Crippen molar-refractivity contribution in [3.63, 3.8) is 0 Å². The molecule has 2 heterocycles. The molecule has 0 spiro atoms. The first-order valence-corrected chi connectivity index (χ1v) is 22.0. The molecule has 316 valence electrons. The summed E-state index contributed by atoms with van der Waals surface area (Å²) in [6.07, 6.45) is 2.42. The van der Waals surface area contributed by atoms with Gasteiger partial charge in [-0.2, -0.15) is 0 Å². The van der Waals surface area contributed by atoms with E-state index in [9.17, 15) is 22.6 Å². The Morgan fingerprint density at radius 3 is 1.32 bits per heavy atom. The molecule has 0 N–H and O–H groups in total. The van der Waals surface area contributed by atoms with E-state index in [0.717, 1.165) is 40.3 Å². The molecule has 8 rings (SSSR count). The standard InChI is InChI=1S/C25H24FN3O2S.C25H24FN3O/c1-17-27-23-14-13-21(28(2)20-11-9-19(26)10-12-20)15-22(23)25(30)29(17)24(16-32(3)31)18-7-5-4-6-8-18;1-4-24(18-8-6-5-7-9-18)29-17(2)27-23-15-14-21(16-22(23)25(29)30)28(3)20-12-10-19(26)11-13-20/h4-15,24H,16H2,1-3H3;5-16,24H,4H2,1-3H3/t24-,32?;24-/m11/s1. The van der Waals surface area contributed by atoms with Gasteiger partial charge >= 0.3 is 0 Å². The lowest BCUT2D eigenvalue weighted by molar-refractivity contribution is 0.529. The molecule has 62 heavy (non-hydrogen) atoms. The molecule has 2 aromatic heterocycles. The van der Waals surface area contributed by atoms with Gasteiger partial charge in [0.15, 0.2) is 0 Å². The topological polar surface area (TPSA) is 93.3 Å². The number of rotatable bonds is 11. The zero-order chi connectivity index (χ0) is 44.1. The number of anilines is 4. The van der Waals surface area contributed by atoms with Gasteiger partial charge in [0, 0.05) is 59.7 Å². The number of hydrogen-bond donors (Lipinski definition) is 0. The van der Waals surface area contributed by atoms with E-state index in [4.69, 9.17) is 4.98 Å². The van der Waals surface area contributed by atoms with Crippen LogP contribution in [0.3, 0.4) is 0 Å². The molecule has 0 aliphatic heterocycles. The Kier molecular flexibility index (Phi) is 13.2. The van der Waals surface area contributed by atoms with E-state index < -0.39 is 10.8 Å². The molecule has 8 aromatic rings. The molecular weight excluding hydrogens is 803 g/mol. The first-order chi connectivity index (χ1) is 29.8. The summed E-state index contributed by atoms with van der Waals surface area (Å²) in [5, 5.41) is 1.05. The Labute approximate surface area is 362 Å². The van der Waals surface area contributed by atoms with E-state index in [1.807, 2.05) is 122 Å². The summed E-state index contributed by atoms with van der Waals surface area (Å²) in [7, 11) is 2.65. The minimum Gasteiger partial charge on any atom is -0.345 e. The molecule has 9 nitrogen and oxygen atoms in total. The Hall–Kier alpha value is -6.79. The smallest absolute Gasteiger partial charge is 0.262 e. The van der Waals surface area contributed by atoms with Crippen molar-refractivity contribution in [2.75, 3.05) is 35.9 Å². The molecule has 1 unspecified atom stereocenters. The first-order valence-electron chi connectivity index (χ1n) is 20.3. The predicted octanol–water partition coefficient (Wildman–Crippen LogP) is 10.2. The van der Waals surface area contributed by atoms with Gasteiger partial charge in [-0.3, -0.25) is 22.9 Å². The van der Waals surface area contributed by atoms with E-state index >= 15 is 0 Å². The lowest BCUT2D eigenvalue weighted by Crippen LogP contribution is -2.31. The highest BCUT2D eigenvalue weighted by atomic mass is 32.2. The van der Waals surface area contributed by atoms with Crippen molar-refractivity contribution in [2.45, 2.75) is 39.3 Å². The van der Waals surface area contributed by atoms with Crippen LogP contribution in [0.2, 0.25) is 0 Å². The normalized spacial score (nSPS) is 12.6. The van der Waals surface area contributed by atoms with Gasteiger partial charge in [-0.1, -0.05) is 67.6 Å². The zero-order valence-corrected chi connectivity index (χ0v) is 36.3. The summed E-state index contributed by atoms with van der Waals surface area (Å²) in [5.74, 6) is 1.00. The third kappa shape index (κ3) is 9.25. The second-order valence-electron chi connectivity index (χ2n) is 15.1. The number of aryl methyl sites for hydroxylation is 2. The summed E-state index contributed by atoms with van der Waals surface area (Å²) in [6.45, 7) is 5.76. The van der Waals surface area contributed by atoms with Crippen LogP contribution in [0.5, 0.6) is 0 Å². The summed E-state index contributed by atoms with van der Waals surface area (Å²) in [5.41, 5.74) is 6.31. The molecule has 0 bridgehead atoms. The fraction of sp³-hybridized carbons (Fsp3) is 0.200. The van der Waals surface area contributed by atoms with Gasteiger partial charge in [0.25, 0.3) is 11.1 Å². The van der Waals surface area contributed by atoms with Crippen LogP contribution in [0.1, 0.15) is 48.2 Å². The highest BCUT2D eigenvalue weighted by Gasteiger charge is 2.22. The fourth-order valence-corrected chi connectivity index (χ4v) is 8.62. The van der Waals surface area contributed by atoms with Crippen LogP contribution < -0.4 is 20.9 Å². The molecule has 0 aliphatic carbocycles. The van der Waals surface area contributed by atoms with Gasteiger partial charge in [-0.25, -0.2) is 18.7 Å². The third-order valence-corrected chi connectivity index (χ3v) is 11.9. The van der Waals surface area contributed by atoms with Crippen LogP contribution in [0, 0.1) is 25.5 Å². The van der Waals surface area contributed by atoms with Crippen molar-refractivity contribution in [3.05, 3.63) is 201 Å². The van der Waals surface area contributed by atoms with Crippen molar-refractivity contribution in [1.82, 2.24) is 19.1 Å². The van der Waals surface area contributed by atoms with Crippen LogP contribution >= 0.6 is 0 Å². The highest BCUT2D eigenvalue weighted by Crippen LogP contribution is 2.29. The molecule has 0 saturated carbocycles. The number of benzene rings is 6. The molecule has 0 fully saturated rings. The van der Waals surface area contributed by atoms with Crippen molar-refractivity contribution in [2.24, 2.45) is 0 Å². The van der Waals surface area contributed by atoms with Crippen LogP contribution in [-0.2, 0) is 10.8 Å². The molecule has 3 atom stereocenters. The second kappa shape index (κ2) is 18.9. The van der Waals surface area contributed by atoms with E-state index in [1.165, 1.54) is 24.3 Å². The monoisotopic (exact) mass is 850 g/mol. The molecule has 0 radical (unpaired) electrons. The number of nitrogens with zero attached hydrogens (tertiary/aromatic N) is 6. The van der Waals surface area contributed by atoms with Crippen LogP contribution in [-0.4, -0.2) is 49.4 Å². The van der Waals surface area contributed by atoms with Gasteiger partial charge in [-0.15, -0.1) is 0 Å². The Morgan fingerprint density at radius 1 is 0.565 bits per heavy atom. The minimum atomic E-state index is -1.11. The SMILES string of the molecule is CC[C@H](c1ccccc1)n1c(C)nc2ccc(N(C)c3ccc(F)cc3)cc2c1=O.Cc1nc2ccc(N(C)c3ccc(F)cc3)cc2c(=O)n1[C@H](CS(C)=O)c1ccccc1. The van der Waals surface area contributed by atoms with Crippen LogP contribution in [0.4, 0.5) is 31.5 Å². The Balaban J connectivity index is 0.000000187. The lowest BCUT2D eigenvalue weighted by Gasteiger charge is -2.23. The Bertz CT molecular complexity index is 2980. The fourth-order valence-electron chi connectivity index (χ4n) is 7.83. The molecular formula is C50H48F2N6O3S. The summed E-state index contributed by atoms with van der Waals surface area (Å²) in [4.78, 5) is 40.4. The van der Waals surface area contributed by atoms with E-state index in [2.05, 4.69) is 11.9 Å². The minimum absolute atomic E-state index is 0.0532. The van der Waals surface area contributed by atoms with E-state index in [-0.39, 0.29) is 34.8 Å². The predicted molar refractivity (Wildman–Crippen MR) is 249 cm³/mol. The number of hydrogen-bond acceptors (Lipinski definition) is 7. The van der Waals surface area contributed by atoms with Gasteiger partial charge in [0.1, 0.15) is 23.3 Å². The maximum Gasteiger partial charge on any atom is 0.262 e. The van der Waals surface area contributed by atoms with Crippen molar-refractivity contribution in [1.29, 1.82) is 0 Å². The molecule has 0 amide bonds. The molecule has 12 heteroatoms. The summed E-state index contributed by atoms with van der Waals surface area (Å²) < 4.78 is 42.2. The zero-order valence-electron chi connectivity index (χ0n) is 35.5. The molecule has 6 aromatic carbocycles. The van der Waals surface area contributed by atoms with Gasteiger partial charge in [0.05, 0.1) is 33.9 Å². The van der Waals surface area contributed by atoms with Gasteiger partial charge in [-0.05, 0) is 116 Å². The average Bonchev–Trinajstić information content (AvgIpc) is 3.28. The van der Waals surface area contributed by atoms with Crippen LogP contribution in [0.25, 0.3) is 21.8 Å². The maximum atomic E-state index is 13.7. The van der Waals surface area contributed by atoms with Gasteiger partial charge in [0.2, 0.25) is 0 Å². The molecule has 0 saturated heterocycles.